The zero-order chi connectivity index (χ0) is 19.8. The molecule has 2 amide bonds. The molecule has 8 heteroatoms. The van der Waals surface area contributed by atoms with Crippen molar-refractivity contribution >= 4 is 29.1 Å². The minimum Gasteiger partial charge on any atom is -0.497 e. The molecule has 0 aliphatic rings. The molecule has 2 aromatic rings. The Morgan fingerprint density at radius 1 is 1.07 bits per heavy atom. The van der Waals surface area contributed by atoms with Gasteiger partial charge in [-0.05, 0) is 61.9 Å². The van der Waals surface area contributed by atoms with Gasteiger partial charge in [0.2, 0.25) is 0 Å². The monoisotopic (exact) mass is 391 g/mol. The molecule has 0 aliphatic heterocycles. The molecule has 2 aromatic carbocycles. The van der Waals surface area contributed by atoms with Crippen molar-refractivity contribution in [2.75, 3.05) is 19.0 Å². The van der Waals surface area contributed by atoms with Gasteiger partial charge in [0.1, 0.15) is 11.5 Å². The van der Waals surface area contributed by atoms with Crippen LogP contribution in [0.5, 0.6) is 11.5 Å². The first kappa shape index (κ1) is 20.4. The fourth-order valence-electron chi connectivity index (χ4n) is 2.12. The molecule has 0 aromatic heterocycles. The minimum atomic E-state index is -0.791. The summed E-state index contributed by atoms with van der Waals surface area (Å²) in [5, 5.41) is 3.56. The molecule has 0 heterocycles. The molecule has 27 heavy (non-hydrogen) atoms. The van der Waals surface area contributed by atoms with E-state index in [1.54, 1.807) is 56.5 Å². The van der Waals surface area contributed by atoms with E-state index in [1.807, 2.05) is 6.92 Å². The van der Waals surface area contributed by atoms with E-state index in [0.717, 1.165) is 17.0 Å². The number of hydrazine groups is 1. The molecule has 0 saturated carbocycles. The Hall–Kier alpha value is -2.93. The van der Waals surface area contributed by atoms with Gasteiger partial charge in [0.25, 0.3) is 11.8 Å². The van der Waals surface area contributed by atoms with Gasteiger partial charge in [0.15, 0.2) is 6.10 Å². The first-order valence-corrected chi connectivity index (χ1v) is 8.66. The summed E-state index contributed by atoms with van der Waals surface area (Å²) in [5.74, 6) is 0.378. The normalized spacial score (nSPS) is 11.3. The summed E-state index contributed by atoms with van der Waals surface area (Å²) >= 11 is 5.96. The van der Waals surface area contributed by atoms with Gasteiger partial charge in [-0.15, -0.1) is 0 Å². The van der Waals surface area contributed by atoms with E-state index in [9.17, 15) is 9.59 Å². The van der Waals surface area contributed by atoms with Crippen molar-refractivity contribution in [2.45, 2.75) is 20.0 Å². The number of amides is 2. The quantitative estimate of drug-likeness (QED) is 0.631. The average Bonchev–Trinajstić information content (AvgIpc) is 2.67. The minimum absolute atomic E-state index is 0.00176. The maximum atomic E-state index is 12.0. The van der Waals surface area contributed by atoms with Gasteiger partial charge in [-0.1, -0.05) is 11.6 Å². The van der Waals surface area contributed by atoms with Crippen LogP contribution in [0.3, 0.4) is 0 Å². The topological polar surface area (TPSA) is 88.7 Å². The molecule has 0 radical (unpaired) electrons. The molecule has 1 unspecified atom stereocenters. The zero-order valence-corrected chi connectivity index (χ0v) is 16.1. The second-order valence-corrected chi connectivity index (χ2v) is 6.20. The number of hydrogen-bond donors (Lipinski definition) is 3. The standard InChI is InChI=1S/C19H22ClN3O4/c1-12-10-16(8-9-17(12)20)27-13(2)19(25)23-22-18(24)11-21-14-4-6-15(26-3)7-5-14/h4-10,13,21H,11H2,1-3H3,(H,22,24)(H,23,25). The number of anilines is 1. The molecule has 144 valence electrons. The largest absolute Gasteiger partial charge is 0.497 e. The Balaban J connectivity index is 1.74. The second-order valence-electron chi connectivity index (χ2n) is 5.79. The van der Waals surface area contributed by atoms with Crippen molar-refractivity contribution in [3.63, 3.8) is 0 Å². The molecular weight excluding hydrogens is 370 g/mol. The third-order valence-corrected chi connectivity index (χ3v) is 4.10. The predicted molar refractivity (Wildman–Crippen MR) is 104 cm³/mol. The lowest BCUT2D eigenvalue weighted by Crippen LogP contribution is -2.48. The van der Waals surface area contributed by atoms with Crippen molar-refractivity contribution in [1.82, 2.24) is 10.9 Å². The summed E-state index contributed by atoms with van der Waals surface area (Å²) in [5.41, 5.74) is 6.27. The highest BCUT2D eigenvalue weighted by atomic mass is 35.5. The summed E-state index contributed by atoms with van der Waals surface area (Å²) in [6, 6.07) is 12.2. The molecule has 2 rings (SSSR count). The first-order valence-electron chi connectivity index (χ1n) is 8.28. The van der Waals surface area contributed by atoms with Crippen molar-refractivity contribution in [3.05, 3.63) is 53.1 Å². The number of nitrogens with one attached hydrogen (secondary N) is 3. The van der Waals surface area contributed by atoms with Crippen LogP contribution in [0.4, 0.5) is 5.69 Å². The van der Waals surface area contributed by atoms with E-state index in [2.05, 4.69) is 16.2 Å². The first-order chi connectivity index (χ1) is 12.9. The van der Waals surface area contributed by atoms with Gasteiger partial charge in [-0.25, -0.2) is 0 Å². The molecule has 0 bridgehead atoms. The highest BCUT2D eigenvalue weighted by Crippen LogP contribution is 2.21. The Morgan fingerprint density at radius 2 is 1.74 bits per heavy atom. The van der Waals surface area contributed by atoms with E-state index < -0.39 is 17.9 Å². The Labute approximate surface area is 163 Å². The summed E-state index contributed by atoms with van der Waals surface area (Å²) in [6.07, 6.45) is -0.791. The summed E-state index contributed by atoms with van der Waals surface area (Å²) in [7, 11) is 1.58. The Kier molecular flexibility index (Phi) is 7.31. The van der Waals surface area contributed by atoms with Crippen LogP contribution in [0.25, 0.3) is 0 Å². The van der Waals surface area contributed by atoms with E-state index >= 15 is 0 Å². The zero-order valence-electron chi connectivity index (χ0n) is 15.3. The highest BCUT2D eigenvalue weighted by Gasteiger charge is 2.15. The van der Waals surface area contributed by atoms with Crippen LogP contribution in [-0.2, 0) is 9.59 Å². The SMILES string of the molecule is COc1ccc(NCC(=O)NNC(=O)C(C)Oc2ccc(Cl)c(C)c2)cc1. The summed E-state index contributed by atoms with van der Waals surface area (Å²) in [4.78, 5) is 23.9. The van der Waals surface area contributed by atoms with Crippen LogP contribution in [0.15, 0.2) is 42.5 Å². The van der Waals surface area contributed by atoms with Crippen molar-refractivity contribution in [3.8, 4) is 11.5 Å². The average molecular weight is 392 g/mol. The van der Waals surface area contributed by atoms with Crippen molar-refractivity contribution in [1.29, 1.82) is 0 Å². The van der Waals surface area contributed by atoms with Gasteiger partial charge in [-0.3, -0.25) is 20.4 Å². The molecule has 0 saturated heterocycles. The van der Waals surface area contributed by atoms with Gasteiger partial charge in [0, 0.05) is 10.7 Å². The van der Waals surface area contributed by atoms with Gasteiger partial charge < -0.3 is 14.8 Å². The van der Waals surface area contributed by atoms with Gasteiger partial charge >= 0.3 is 0 Å². The predicted octanol–water partition coefficient (Wildman–Crippen LogP) is 2.68. The molecule has 0 fully saturated rings. The van der Waals surface area contributed by atoms with Gasteiger partial charge in [0.05, 0.1) is 13.7 Å². The smallest absolute Gasteiger partial charge is 0.279 e. The highest BCUT2D eigenvalue weighted by molar-refractivity contribution is 6.31. The van der Waals surface area contributed by atoms with Crippen LogP contribution in [0.1, 0.15) is 12.5 Å². The van der Waals surface area contributed by atoms with E-state index in [0.29, 0.717) is 10.8 Å². The molecule has 3 N–H and O–H groups in total. The number of benzene rings is 2. The number of hydrogen-bond acceptors (Lipinski definition) is 5. The number of methoxy groups -OCH3 is 1. The number of carbonyl (C=O) groups is 2. The number of ether oxygens (including phenoxy) is 2. The lowest BCUT2D eigenvalue weighted by atomic mass is 10.2. The third kappa shape index (κ3) is 6.38. The van der Waals surface area contributed by atoms with Crippen LogP contribution >= 0.6 is 11.6 Å². The number of halogens is 1. The van der Waals surface area contributed by atoms with Crippen LogP contribution in [-0.4, -0.2) is 31.6 Å². The summed E-state index contributed by atoms with van der Waals surface area (Å²) in [6.45, 7) is 3.43. The fourth-order valence-corrected chi connectivity index (χ4v) is 2.23. The number of aryl methyl sites for hydroxylation is 1. The van der Waals surface area contributed by atoms with Crippen LogP contribution in [0.2, 0.25) is 5.02 Å². The molecule has 1 atom stereocenters. The van der Waals surface area contributed by atoms with Crippen molar-refractivity contribution in [2.24, 2.45) is 0 Å². The third-order valence-electron chi connectivity index (χ3n) is 3.68. The lowest BCUT2D eigenvalue weighted by molar-refractivity contribution is -0.132. The Morgan fingerprint density at radius 3 is 2.37 bits per heavy atom. The van der Waals surface area contributed by atoms with Crippen molar-refractivity contribution < 1.29 is 19.1 Å². The second kappa shape index (κ2) is 9.68. The van der Waals surface area contributed by atoms with E-state index in [-0.39, 0.29) is 6.54 Å². The van der Waals surface area contributed by atoms with E-state index in [1.165, 1.54) is 0 Å². The molecule has 0 aliphatic carbocycles. The fraction of sp³-hybridized carbons (Fsp3) is 0.263. The maximum Gasteiger partial charge on any atom is 0.279 e. The molecular formula is C19H22ClN3O4. The number of carbonyl (C=O) groups excluding carboxylic acids is 2. The van der Waals surface area contributed by atoms with Gasteiger partial charge in [-0.2, -0.15) is 0 Å². The maximum absolute atomic E-state index is 12.0. The molecule has 0 spiro atoms. The number of rotatable bonds is 7. The van der Waals surface area contributed by atoms with Crippen LogP contribution < -0.4 is 25.6 Å². The molecule has 7 nitrogen and oxygen atoms in total. The van der Waals surface area contributed by atoms with Crippen LogP contribution in [0, 0.1) is 6.92 Å². The van der Waals surface area contributed by atoms with E-state index in [4.69, 9.17) is 21.1 Å². The Bertz CT molecular complexity index is 796. The lowest BCUT2D eigenvalue weighted by Gasteiger charge is -2.16. The summed E-state index contributed by atoms with van der Waals surface area (Å²) < 4.78 is 10.6.